The van der Waals surface area contributed by atoms with Gasteiger partial charge in [0.05, 0.1) is 32.6 Å². The van der Waals surface area contributed by atoms with Crippen LogP contribution in [0.25, 0.3) is 33.3 Å². The summed E-state index contributed by atoms with van der Waals surface area (Å²) in [5, 5.41) is 20.1. The van der Waals surface area contributed by atoms with E-state index in [1.54, 1.807) is 23.1 Å². The van der Waals surface area contributed by atoms with E-state index in [1.807, 2.05) is 36.4 Å². The van der Waals surface area contributed by atoms with Crippen molar-refractivity contribution in [3.8, 4) is 11.4 Å². The highest BCUT2D eigenvalue weighted by atomic mass is 35.5. The Bertz CT molecular complexity index is 2910. The number of nitro groups is 1. The molecular weight excluding hydrogens is 830 g/mol. The van der Waals surface area contributed by atoms with E-state index in [1.165, 1.54) is 22.8 Å². The standard InChI is InChI=1S/C45H46ClN9O6S/c1-45(2)13-11-30(35(23-45)27-5-7-31(46)8-6-27)25-52-15-17-53(18-16-52)32-9-10-34(38(20-32)54-39-19-29-12-14-47-43(29)50-36(39)24-48-54)44(56)51-62(59,60)33-21-40(55(57)58)42-41(22-33)61-26-37(49-42)28-3-4-28/h5-10,12,14,19-22,24,28,37,48-49H,3-4,11,13,15-18,23,25-26H2,1-2H3,(H,51,56)/t37-/m1/s1. The molecule has 2 aliphatic carbocycles. The molecule has 17 heteroatoms. The Labute approximate surface area is 363 Å². The van der Waals surface area contributed by atoms with E-state index in [9.17, 15) is 23.3 Å². The summed E-state index contributed by atoms with van der Waals surface area (Å²) in [6, 6.07) is 19.4. The normalized spacial score (nSPS) is 19.3. The fraction of sp³-hybridized carbons (Fsp3) is 0.356. The monoisotopic (exact) mass is 875 g/mol. The van der Waals surface area contributed by atoms with Crippen LogP contribution in [0.3, 0.4) is 0 Å². The van der Waals surface area contributed by atoms with Crippen molar-refractivity contribution in [2.45, 2.75) is 56.9 Å². The molecule has 2 aliphatic heterocycles. The summed E-state index contributed by atoms with van der Waals surface area (Å²) in [5.41, 5.74) is 7.19. The molecule has 2 fully saturated rings. The summed E-state index contributed by atoms with van der Waals surface area (Å²) in [6.07, 6.45) is 8.58. The lowest BCUT2D eigenvalue weighted by atomic mass is 9.72. The summed E-state index contributed by atoms with van der Waals surface area (Å²) in [5.74, 6) is -0.519. The number of hydrogen-bond donors (Lipinski definition) is 3. The smallest absolute Gasteiger partial charge is 0.297 e. The van der Waals surface area contributed by atoms with Gasteiger partial charge in [-0.05, 0) is 97.0 Å². The van der Waals surface area contributed by atoms with Crippen LogP contribution >= 0.6 is 11.6 Å². The molecule has 1 saturated carbocycles. The molecule has 1 saturated heterocycles. The van der Waals surface area contributed by atoms with Gasteiger partial charge in [0.1, 0.15) is 12.1 Å². The number of hydrogen-bond acceptors (Lipinski definition) is 11. The second-order valence-corrected chi connectivity index (χ2v) is 19.8. The minimum atomic E-state index is -4.62. The van der Waals surface area contributed by atoms with E-state index in [0.29, 0.717) is 28.3 Å². The van der Waals surface area contributed by atoms with Gasteiger partial charge in [0.2, 0.25) is 0 Å². The van der Waals surface area contributed by atoms with Gasteiger partial charge in [0, 0.05) is 73.3 Å². The number of nitrogens with zero attached hydrogens (tertiary/aromatic N) is 6. The first-order chi connectivity index (χ1) is 29.8. The lowest BCUT2D eigenvalue weighted by molar-refractivity contribution is -0.384. The summed E-state index contributed by atoms with van der Waals surface area (Å²) in [4.78, 5) is 39.1. The zero-order valence-electron chi connectivity index (χ0n) is 34.4. The number of ether oxygens (including phenoxy) is 1. The van der Waals surface area contributed by atoms with Crippen molar-refractivity contribution in [3.05, 3.63) is 111 Å². The molecule has 0 bridgehead atoms. The second kappa shape index (κ2) is 15.4. The van der Waals surface area contributed by atoms with E-state index in [-0.39, 0.29) is 35.1 Å². The van der Waals surface area contributed by atoms with Crippen LogP contribution in [0.1, 0.15) is 61.9 Å². The number of pyridine rings is 1. The quantitative estimate of drug-likeness (QED) is 0.0898. The number of H-pyrrole nitrogens is 1. The Morgan fingerprint density at radius 3 is 2.60 bits per heavy atom. The second-order valence-electron chi connectivity index (χ2n) is 17.7. The van der Waals surface area contributed by atoms with Crippen molar-refractivity contribution in [2.75, 3.05) is 49.5 Å². The largest absolute Gasteiger partial charge is 0.489 e. The number of carbonyl (C=O) groups excluding carboxylic acids is 1. The lowest BCUT2D eigenvalue weighted by Gasteiger charge is -2.39. The van der Waals surface area contributed by atoms with Gasteiger partial charge >= 0.3 is 0 Å². The minimum absolute atomic E-state index is 0.0460. The summed E-state index contributed by atoms with van der Waals surface area (Å²) in [7, 11) is -4.62. The van der Waals surface area contributed by atoms with Crippen LogP contribution in [0.4, 0.5) is 17.1 Å². The van der Waals surface area contributed by atoms with Crippen molar-refractivity contribution in [2.24, 2.45) is 11.3 Å². The van der Waals surface area contributed by atoms with Gasteiger partial charge in [0.25, 0.3) is 21.6 Å². The van der Waals surface area contributed by atoms with Gasteiger partial charge in [-0.2, -0.15) is 0 Å². The van der Waals surface area contributed by atoms with Gasteiger partial charge in [0.15, 0.2) is 17.1 Å². The van der Waals surface area contributed by atoms with Crippen molar-refractivity contribution in [3.63, 3.8) is 0 Å². The number of benzene rings is 3. The number of carbonyl (C=O) groups is 1. The number of piperazine rings is 1. The molecule has 3 N–H and O–H groups in total. The molecule has 10 rings (SSSR count). The molecule has 3 aromatic heterocycles. The number of anilines is 2. The Kier molecular flexibility index (Phi) is 9.99. The van der Waals surface area contributed by atoms with Crippen molar-refractivity contribution in [1.29, 1.82) is 0 Å². The van der Waals surface area contributed by atoms with Crippen molar-refractivity contribution >= 4 is 72.2 Å². The number of fused-ring (bicyclic) bond motifs is 3. The van der Waals surface area contributed by atoms with E-state index in [2.05, 4.69) is 60.9 Å². The Balaban J connectivity index is 0.938. The average Bonchev–Trinajstić information content (AvgIpc) is 3.88. The zero-order valence-corrected chi connectivity index (χ0v) is 35.9. The number of amides is 1. The number of halogens is 1. The predicted molar refractivity (Wildman–Crippen MR) is 239 cm³/mol. The van der Waals surface area contributed by atoms with Gasteiger partial charge < -0.3 is 15.0 Å². The molecule has 0 spiro atoms. The number of sulfonamides is 1. The maximum Gasteiger partial charge on any atom is 0.297 e. The first kappa shape index (κ1) is 40.1. The maximum absolute atomic E-state index is 14.2. The molecule has 1 amide bonds. The number of allylic oxidation sites excluding steroid dienone is 1. The third-order valence-corrected chi connectivity index (χ3v) is 14.3. The molecule has 6 aromatic rings. The highest BCUT2D eigenvalue weighted by Crippen LogP contribution is 2.45. The average molecular weight is 876 g/mol. The van der Waals surface area contributed by atoms with E-state index in [4.69, 9.17) is 16.3 Å². The molecular formula is C45H46ClN9O6S. The minimum Gasteiger partial charge on any atom is -0.489 e. The van der Waals surface area contributed by atoms with Crippen LogP contribution in [0.15, 0.2) is 89.6 Å². The number of nitro benzene ring substituents is 1. The molecule has 320 valence electrons. The predicted octanol–water partition coefficient (Wildman–Crippen LogP) is 7.95. The van der Waals surface area contributed by atoms with Crippen LogP contribution in [0.5, 0.6) is 5.75 Å². The van der Waals surface area contributed by atoms with Crippen LogP contribution in [-0.2, 0) is 10.0 Å². The topological polar surface area (TPSA) is 181 Å². The number of aromatic amines is 1. The molecule has 3 aromatic carbocycles. The SMILES string of the molecule is CC1(C)CCC(CN2CCN(c3ccc(C(=O)NS(=O)(=O)c4cc5c(c([N+](=O)[O-])c4)N[C@@H](C4CC4)CO5)c(-n4[nH]cc5nc6nccc6cc54)c3)CC2)=C(c2ccc(Cl)cc2)C1. The fourth-order valence-electron chi connectivity index (χ4n) is 9.14. The third kappa shape index (κ3) is 7.75. The molecule has 0 unspecified atom stereocenters. The molecule has 4 aliphatic rings. The van der Waals surface area contributed by atoms with Crippen LogP contribution < -0.4 is 19.7 Å². The molecule has 62 heavy (non-hydrogen) atoms. The Morgan fingerprint density at radius 1 is 1.05 bits per heavy atom. The first-order valence-electron chi connectivity index (χ1n) is 21.0. The van der Waals surface area contributed by atoms with Crippen molar-refractivity contribution < 1.29 is 22.9 Å². The molecule has 0 radical (unpaired) electrons. The van der Waals surface area contributed by atoms with Crippen molar-refractivity contribution in [1.82, 2.24) is 29.4 Å². The van der Waals surface area contributed by atoms with Crippen LogP contribution in [0.2, 0.25) is 5.02 Å². The molecule has 15 nitrogen and oxygen atoms in total. The highest BCUT2D eigenvalue weighted by molar-refractivity contribution is 7.90. The van der Waals surface area contributed by atoms with Gasteiger partial charge in [-0.15, -0.1) is 0 Å². The van der Waals surface area contributed by atoms with Gasteiger partial charge in [-0.1, -0.05) is 43.2 Å². The summed E-state index contributed by atoms with van der Waals surface area (Å²) in [6.45, 7) is 8.95. The van der Waals surface area contributed by atoms with Gasteiger partial charge in [-0.25, -0.2) is 23.1 Å². The fourth-order valence-corrected chi connectivity index (χ4v) is 10.3. The van der Waals surface area contributed by atoms with E-state index in [0.717, 1.165) is 87.0 Å². The molecule has 5 heterocycles. The number of nitrogens with one attached hydrogen (secondary N) is 3. The number of rotatable bonds is 10. The van der Waals surface area contributed by atoms with E-state index >= 15 is 0 Å². The summed E-state index contributed by atoms with van der Waals surface area (Å²) >= 11 is 6.26. The van der Waals surface area contributed by atoms with E-state index < -0.39 is 31.4 Å². The van der Waals surface area contributed by atoms with Crippen LogP contribution in [0, 0.1) is 21.4 Å². The first-order valence-corrected chi connectivity index (χ1v) is 22.8. The Morgan fingerprint density at radius 2 is 1.84 bits per heavy atom. The zero-order chi connectivity index (χ0) is 42.9. The van der Waals surface area contributed by atoms with Crippen LogP contribution in [-0.4, -0.2) is 89.3 Å². The van der Waals surface area contributed by atoms with Gasteiger partial charge in [-0.3, -0.25) is 29.6 Å². The summed E-state index contributed by atoms with van der Waals surface area (Å²) < 4.78 is 37.6. The maximum atomic E-state index is 14.2. The third-order valence-electron chi connectivity index (χ3n) is 12.8. The highest BCUT2D eigenvalue weighted by Gasteiger charge is 2.38. The number of aromatic nitrogens is 4. The Hall–Kier alpha value is -5.97. The lowest BCUT2D eigenvalue weighted by Crippen LogP contribution is -2.47. The molecule has 1 atom stereocenters.